The van der Waals surface area contributed by atoms with E-state index in [-0.39, 0.29) is 13.0 Å². The molecule has 0 aliphatic heterocycles. The molecule has 0 unspecified atom stereocenters. The van der Waals surface area contributed by atoms with Crippen LogP contribution < -0.4 is 11.1 Å². The normalized spacial score (nSPS) is 13.3. The highest BCUT2D eigenvalue weighted by atomic mass is 16.5. The monoisotopic (exact) mass is 322 g/mol. The topological polar surface area (TPSA) is 139 Å². The van der Waals surface area contributed by atoms with Crippen molar-refractivity contribution in [2.75, 3.05) is 0 Å². The minimum atomic E-state index is -1.33. The van der Waals surface area contributed by atoms with Crippen LogP contribution in [0.2, 0.25) is 0 Å². The second kappa shape index (κ2) is 9.21. The van der Waals surface area contributed by atoms with Gasteiger partial charge in [0.1, 0.15) is 18.7 Å². The zero-order valence-electron chi connectivity index (χ0n) is 12.2. The van der Waals surface area contributed by atoms with Gasteiger partial charge in [-0.1, -0.05) is 42.5 Å². The summed E-state index contributed by atoms with van der Waals surface area (Å²) in [6.07, 6.45) is 1.48. The fourth-order valence-corrected chi connectivity index (χ4v) is 1.55. The van der Waals surface area contributed by atoms with Crippen LogP contribution in [0.1, 0.15) is 12.0 Å². The van der Waals surface area contributed by atoms with E-state index in [1.54, 1.807) is 24.3 Å². The molecule has 0 fully saturated rings. The lowest BCUT2D eigenvalue weighted by Gasteiger charge is -2.11. The van der Waals surface area contributed by atoms with Crippen LogP contribution in [-0.2, 0) is 20.9 Å². The van der Waals surface area contributed by atoms with Crippen LogP contribution >= 0.6 is 0 Å². The van der Waals surface area contributed by atoms with Crippen molar-refractivity contribution in [3.8, 4) is 0 Å². The van der Waals surface area contributed by atoms with E-state index in [2.05, 4.69) is 5.32 Å². The van der Waals surface area contributed by atoms with Gasteiger partial charge in [-0.05, 0) is 12.0 Å². The molecule has 0 aliphatic carbocycles. The molecule has 1 rings (SSSR count). The zero-order valence-corrected chi connectivity index (χ0v) is 12.2. The van der Waals surface area contributed by atoms with Crippen molar-refractivity contribution in [3.05, 3.63) is 48.0 Å². The first kappa shape index (κ1) is 18.2. The number of aliphatic carboxylic acids is 2. The Bertz CT molecular complexity index is 573. The third-order valence-corrected chi connectivity index (χ3v) is 2.79. The molecule has 8 nitrogen and oxygen atoms in total. The molecular formula is C15H18N2O6. The standard InChI is InChI=1S/C15H18N2O6/c16-11(13(18)19)7-4-8-12(14(20)21)17-15(22)23-9-10-5-2-1-3-6-10/h1-6,8,11-12H,7,9,16H2,(H,17,22)(H,18,19)(H,20,21)/b8-4+/t11-,12+/m0/s1. The van der Waals surface area contributed by atoms with Gasteiger partial charge in [-0.2, -0.15) is 0 Å². The van der Waals surface area contributed by atoms with Gasteiger partial charge in [-0.25, -0.2) is 9.59 Å². The van der Waals surface area contributed by atoms with E-state index in [1.165, 1.54) is 6.08 Å². The summed E-state index contributed by atoms with van der Waals surface area (Å²) in [6, 6.07) is 6.43. The summed E-state index contributed by atoms with van der Waals surface area (Å²) in [6.45, 7) is 0.00656. The first-order valence-corrected chi connectivity index (χ1v) is 6.75. The third-order valence-electron chi connectivity index (χ3n) is 2.79. The van der Waals surface area contributed by atoms with Crippen LogP contribution in [0.3, 0.4) is 0 Å². The number of hydrogen-bond donors (Lipinski definition) is 4. The first-order chi connectivity index (χ1) is 10.9. The van der Waals surface area contributed by atoms with Crippen molar-refractivity contribution in [1.29, 1.82) is 0 Å². The van der Waals surface area contributed by atoms with E-state index in [4.69, 9.17) is 20.7 Å². The molecule has 1 amide bonds. The van der Waals surface area contributed by atoms with Gasteiger partial charge in [0.2, 0.25) is 0 Å². The third kappa shape index (κ3) is 7.09. The number of nitrogens with one attached hydrogen (secondary N) is 1. The highest BCUT2D eigenvalue weighted by Gasteiger charge is 2.18. The number of carbonyl (C=O) groups excluding carboxylic acids is 1. The van der Waals surface area contributed by atoms with Crippen molar-refractivity contribution in [2.24, 2.45) is 5.73 Å². The van der Waals surface area contributed by atoms with Crippen LogP contribution in [0.4, 0.5) is 4.79 Å². The Balaban J connectivity index is 2.48. The van der Waals surface area contributed by atoms with Gasteiger partial charge in [0.25, 0.3) is 0 Å². The van der Waals surface area contributed by atoms with E-state index >= 15 is 0 Å². The van der Waals surface area contributed by atoms with Crippen LogP contribution in [0.15, 0.2) is 42.5 Å². The Morgan fingerprint density at radius 2 is 1.83 bits per heavy atom. The van der Waals surface area contributed by atoms with Gasteiger partial charge >= 0.3 is 18.0 Å². The molecule has 0 aromatic heterocycles. The minimum Gasteiger partial charge on any atom is -0.480 e. The Morgan fingerprint density at radius 3 is 2.39 bits per heavy atom. The van der Waals surface area contributed by atoms with Crippen molar-refractivity contribution in [2.45, 2.75) is 25.1 Å². The van der Waals surface area contributed by atoms with Gasteiger partial charge in [0, 0.05) is 0 Å². The largest absolute Gasteiger partial charge is 0.480 e. The molecule has 0 saturated carbocycles. The first-order valence-electron chi connectivity index (χ1n) is 6.75. The molecule has 1 aromatic carbocycles. The summed E-state index contributed by atoms with van der Waals surface area (Å²) in [5.41, 5.74) is 6.04. The molecule has 0 bridgehead atoms. The SMILES string of the molecule is N[C@@H](C/C=C/[C@@H](NC(=O)OCc1ccccc1)C(=O)O)C(=O)O. The van der Waals surface area contributed by atoms with Crippen LogP contribution in [-0.4, -0.2) is 40.3 Å². The number of nitrogens with two attached hydrogens (primary N) is 1. The summed E-state index contributed by atoms with van der Waals surface area (Å²) < 4.78 is 4.91. The molecule has 0 saturated heterocycles. The van der Waals surface area contributed by atoms with E-state index in [0.717, 1.165) is 11.6 Å². The Labute approximate surface area is 132 Å². The molecule has 8 heteroatoms. The molecule has 2 atom stereocenters. The van der Waals surface area contributed by atoms with Gasteiger partial charge in [-0.15, -0.1) is 0 Å². The van der Waals surface area contributed by atoms with Gasteiger partial charge < -0.3 is 26.0 Å². The fourth-order valence-electron chi connectivity index (χ4n) is 1.55. The van der Waals surface area contributed by atoms with Gasteiger partial charge in [0.15, 0.2) is 0 Å². The van der Waals surface area contributed by atoms with E-state index in [0.29, 0.717) is 0 Å². The van der Waals surface area contributed by atoms with Crippen LogP contribution in [0.5, 0.6) is 0 Å². The highest BCUT2D eigenvalue weighted by Crippen LogP contribution is 2.01. The molecule has 0 heterocycles. The second-order valence-electron chi connectivity index (χ2n) is 4.63. The highest BCUT2D eigenvalue weighted by molar-refractivity contribution is 5.81. The van der Waals surface area contributed by atoms with Crippen molar-refractivity contribution < 1.29 is 29.3 Å². The van der Waals surface area contributed by atoms with Crippen molar-refractivity contribution >= 4 is 18.0 Å². The predicted molar refractivity (Wildman–Crippen MR) is 80.6 cm³/mol. The maximum atomic E-state index is 11.6. The van der Waals surface area contributed by atoms with Crippen molar-refractivity contribution in [3.63, 3.8) is 0 Å². The number of ether oxygens (including phenoxy) is 1. The lowest BCUT2D eigenvalue weighted by molar-refractivity contribution is -0.139. The average molecular weight is 322 g/mol. The lowest BCUT2D eigenvalue weighted by Crippen LogP contribution is -2.39. The maximum Gasteiger partial charge on any atom is 0.408 e. The molecule has 0 radical (unpaired) electrons. The number of rotatable bonds is 8. The lowest BCUT2D eigenvalue weighted by atomic mass is 10.2. The summed E-state index contributed by atoms with van der Waals surface area (Å²) in [4.78, 5) is 33.2. The summed E-state index contributed by atoms with van der Waals surface area (Å²) in [5.74, 6) is -2.50. The second-order valence-corrected chi connectivity index (χ2v) is 4.63. The summed E-state index contributed by atoms with van der Waals surface area (Å²) in [5, 5.41) is 19.8. The average Bonchev–Trinajstić information content (AvgIpc) is 2.52. The molecule has 0 aliphatic rings. The number of hydrogen-bond acceptors (Lipinski definition) is 5. The quantitative estimate of drug-likeness (QED) is 0.517. The fraction of sp³-hybridized carbons (Fsp3) is 0.267. The number of amides is 1. The summed E-state index contributed by atoms with van der Waals surface area (Å²) >= 11 is 0. The Hall–Kier alpha value is -2.87. The number of benzene rings is 1. The predicted octanol–water partition coefficient (Wildman–Crippen LogP) is 0.724. The van der Waals surface area contributed by atoms with Crippen LogP contribution in [0.25, 0.3) is 0 Å². The minimum absolute atomic E-state index is 0.00656. The molecule has 5 N–H and O–H groups in total. The molecule has 0 spiro atoms. The number of carboxylic acid groups (broad SMARTS) is 2. The molecule has 23 heavy (non-hydrogen) atoms. The number of alkyl carbamates (subject to hydrolysis) is 1. The number of carbonyl (C=O) groups is 3. The maximum absolute atomic E-state index is 11.6. The van der Waals surface area contributed by atoms with E-state index in [9.17, 15) is 14.4 Å². The molecule has 124 valence electrons. The smallest absolute Gasteiger partial charge is 0.408 e. The zero-order chi connectivity index (χ0) is 17.2. The van der Waals surface area contributed by atoms with Gasteiger partial charge in [-0.3, -0.25) is 4.79 Å². The van der Waals surface area contributed by atoms with Crippen LogP contribution in [0, 0.1) is 0 Å². The van der Waals surface area contributed by atoms with E-state index in [1.807, 2.05) is 6.07 Å². The summed E-state index contributed by atoms with van der Waals surface area (Å²) in [7, 11) is 0. The Kier molecular flexibility index (Phi) is 7.28. The van der Waals surface area contributed by atoms with Gasteiger partial charge in [0.05, 0.1) is 0 Å². The van der Waals surface area contributed by atoms with Crippen molar-refractivity contribution in [1.82, 2.24) is 5.32 Å². The Morgan fingerprint density at radius 1 is 1.17 bits per heavy atom. The molecule has 1 aromatic rings. The molecular weight excluding hydrogens is 304 g/mol. The number of carboxylic acids is 2. The van der Waals surface area contributed by atoms with E-state index < -0.39 is 30.1 Å².